The Labute approximate surface area is 150 Å². The molecule has 8 heteroatoms. The lowest BCUT2D eigenvalue weighted by molar-refractivity contribution is 0.370. The van der Waals surface area contributed by atoms with Crippen molar-refractivity contribution in [3.05, 3.63) is 52.5 Å². The van der Waals surface area contributed by atoms with Crippen LogP contribution in [0.5, 0.6) is 17.2 Å². The van der Waals surface area contributed by atoms with Crippen LogP contribution < -0.4 is 13.7 Å². The summed E-state index contributed by atoms with van der Waals surface area (Å²) in [5.74, 6) is 1.42. The molecule has 0 radical (unpaired) electrons. The molecular weight excluding hydrogens is 398 g/mol. The lowest BCUT2D eigenvalue weighted by atomic mass is 10.2. The Kier molecular flexibility index (Phi) is 6.09. The van der Waals surface area contributed by atoms with E-state index < -0.39 is 10.3 Å². The quantitative estimate of drug-likeness (QED) is 0.694. The molecule has 0 aliphatic rings. The van der Waals surface area contributed by atoms with Gasteiger partial charge in [0, 0.05) is 29.7 Å². The van der Waals surface area contributed by atoms with Gasteiger partial charge in [0.15, 0.2) is 0 Å². The van der Waals surface area contributed by atoms with E-state index in [9.17, 15) is 8.42 Å². The van der Waals surface area contributed by atoms with Crippen molar-refractivity contribution in [2.45, 2.75) is 6.54 Å². The molecule has 0 aliphatic heterocycles. The van der Waals surface area contributed by atoms with E-state index in [1.165, 1.54) is 14.2 Å². The summed E-state index contributed by atoms with van der Waals surface area (Å²) in [5.41, 5.74) is 0.698. The van der Waals surface area contributed by atoms with Gasteiger partial charge in [0.1, 0.15) is 17.2 Å². The first-order valence-electron chi connectivity index (χ1n) is 6.98. The highest BCUT2D eigenvalue weighted by Gasteiger charge is 2.22. The maximum Gasteiger partial charge on any atom is 0.385 e. The highest BCUT2D eigenvalue weighted by molar-refractivity contribution is 9.10. The van der Waals surface area contributed by atoms with Gasteiger partial charge in [0.2, 0.25) is 0 Å². The van der Waals surface area contributed by atoms with Gasteiger partial charge in [-0.1, -0.05) is 22.0 Å². The Bertz CT molecular complexity index is 793. The van der Waals surface area contributed by atoms with Gasteiger partial charge in [-0.3, -0.25) is 0 Å². The number of nitrogens with zero attached hydrogens (tertiary/aromatic N) is 1. The van der Waals surface area contributed by atoms with E-state index in [0.29, 0.717) is 17.1 Å². The Morgan fingerprint density at radius 3 is 2.21 bits per heavy atom. The van der Waals surface area contributed by atoms with Gasteiger partial charge in [0.05, 0.1) is 14.2 Å². The molecule has 6 nitrogen and oxygen atoms in total. The smallest absolute Gasteiger partial charge is 0.385 e. The molecule has 0 saturated carbocycles. The van der Waals surface area contributed by atoms with E-state index in [1.54, 1.807) is 49.6 Å². The summed E-state index contributed by atoms with van der Waals surface area (Å²) in [6.07, 6.45) is 0. The Balaban J connectivity index is 2.15. The summed E-state index contributed by atoms with van der Waals surface area (Å²) in [5, 5.41) is 0. The first-order valence-corrected chi connectivity index (χ1v) is 9.13. The van der Waals surface area contributed by atoms with E-state index in [0.717, 1.165) is 8.78 Å². The molecule has 0 aliphatic carbocycles. The van der Waals surface area contributed by atoms with Crippen molar-refractivity contribution in [2.24, 2.45) is 0 Å². The van der Waals surface area contributed by atoms with Crippen molar-refractivity contribution in [3.8, 4) is 17.2 Å². The third-order valence-electron chi connectivity index (χ3n) is 3.28. The van der Waals surface area contributed by atoms with Crippen molar-refractivity contribution < 1.29 is 22.1 Å². The van der Waals surface area contributed by atoms with Crippen molar-refractivity contribution in [3.63, 3.8) is 0 Å². The predicted octanol–water partition coefficient (Wildman–Crippen LogP) is 3.22. The second kappa shape index (κ2) is 7.87. The van der Waals surface area contributed by atoms with Crippen molar-refractivity contribution in [2.75, 3.05) is 21.3 Å². The van der Waals surface area contributed by atoms with Gasteiger partial charge in [-0.25, -0.2) is 0 Å². The van der Waals surface area contributed by atoms with Crippen molar-refractivity contribution >= 4 is 26.2 Å². The highest BCUT2D eigenvalue weighted by Crippen LogP contribution is 2.26. The number of methoxy groups -OCH3 is 2. The van der Waals surface area contributed by atoms with Crippen LogP contribution in [0.25, 0.3) is 0 Å². The van der Waals surface area contributed by atoms with Crippen LogP contribution in [-0.2, 0) is 16.8 Å². The fraction of sp³-hybridized carbons (Fsp3) is 0.250. The van der Waals surface area contributed by atoms with E-state index >= 15 is 0 Å². The lowest BCUT2D eigenvalue weighted by Gasteiger charge is -2.19. The summed E-state index contributed by atoms with van der Waals surface area (Å²) >= 11 is 3.29. The molecule has 0 N–H and O–H groups in total. The molecule has 0 amide bonds. The Morgan fingerprint density at radius 1 is 1.00 bits per heavy atom. The summed E-state index contributed by atoms with van der Waals surface area (Å²) in [6.45, 7) is 0.103. The number of hydrogen-bond donors (Lipinski definition) is 0. The van der Waals surface area contributed by atoms with Crippen LogP contribution in [0.3, 0.4) is 0 Å². The zero-order chi connectivity index (χ0) is 17.7. The monoisotopic (exact) mass is 415 g/mol. The van der Waals surface area contributed by atoms with Crippen LogP contribution >= 0.6 is 15.9 Å². The number of ether oxygens (including phenoxy) is 2. The molecule has 0 atom stereocenters. The average Bonchev–Trinajstić information content (AvgIpc) is 2.57. The first kappa shape index (κ1) is 18.6. The van der Waals surface area contributed by atoms with Gasteiger partial charge in [-0.05, 0) is 30.3 Å². The molecular formula is C16H18BrNO5S. The maximum absolute atomic E-state index is 12.3. The number of benzene rings is 2. The molecule has 130 valence electrons. The molecule has 0 saturated heterocycles. The second-order valence-electron chi connectivity index (χ2n) is 4.93. The normalized spacial score (nSPS) is 11.4. The average molecular weight is 416 g/mol. The molecule has 0 bridgehead atoms. The van der Waals surface area contributed by atoms with Gasteiger partial charge in [-0.15, -0.1) is 0 Å². The highest BCUT2D eigenvalue weighted by atomic mass is 79.9. The number of rotatable bonds is 7. The van der Waals surface area contributed by atoms with Crippen LogP contribution in [0.4, 0.5) is 0 Å². The molecule has 0 spiro atoms. The summed E-state index contributed by atoms with van der Waals surface area (Å²) in [7, 11) is 0.580. The second-order valence-corrected chi connectivity index (χ2v) is 7.49. The molecule has 2 aromatic carbocycles. The van der Waals surface area contributed by atoms with Gasteiger partial charge < -0.3 is 13.7 Å². The first-order chi connectivity index (χ1) is 11.4. The SMILES string of the molecule is COc1ccc(CN(C)S(=O)(=O)Oc2ccc(Br)cc2)c(OC)c1. The maximum atomic E-state index is 12.3. The summed E-state index contributed by atoms with van der Waals surface area (Å²) in [6, 6.07) is 11.8. The molecule has 0 heterocycles. The predicted molar refractivity (Wildman–Crippen MR) is 94.7 cm³/mol. The van der Waals surface area contributed by atoms with Crippen molar-refractivity contribution in [1.29, 1.82) is 0 Å². The third-order valence-corrected chi connectivity index (χ3v) is 5.11. The molecule has 2 aromatic rings. The van der Waals surface area contributed by atoms with Gasteiger partial charge in [0.25, 0.3) is 0 Å². The van der Waals surface area contributed by atoms with Gasteiger partial charge >= 0.3 is 10.3 Å². The Morgan fingerprint density at radius 2 is 1.62 bits per heavy atom. The van der Waals surface area contributed by atoms with Crippen LogP contribution in [0.1, 0.15) is 5.56 Å². The third kappa shape index (κ3) is 4.62. The minimum absolute atomic E-state index is 0.103. The lowest BCUT2D eigenvalue weighted by Crippen LogP contribution is -2.30. The summed E-state index contributed by atoms with van der Waals surface area (Å²) < 4.78 is 42.2. The molecule has 2 rings (SSSR count). The number of hydrogen-bond acceptors (Lipinski definition) is 5. The Hall–Kier alpha value is -1.77. The van der Waals surface area contributed by atoms with Crippen LogP contribution in [-0.4, -0.2) is 34.0 Å². The fourth-order valence-corrected chi connectivity index (χ4v) is 3.02. The standard InChI is InChI=1S/C16H18BrNO5S/c1-18(11-12-4-7-15(21-2)10-16(12)22-3)24(19,20)23-14-8-5-13(17)6-9-14/h4-10H,11H2,1-3H3. The van der Waals surface area contributed by atoms with Crippen LogP contribution in [0.15, 0.2) is 46.9 Å². The van der Waals surface area contributed by atoms with Crippen molar-refractivity contribution in [1.82, 2.24) is 4.31 Å². The summed E-state index contributed by atoms with van der Waals surface area (Å²) in [4.78, 5) is 0. The molecule has 24 heavy (non-hydrogen) atoms. The van der Waals surface area contributed by atoms with Crippen LogP contribution in [0, 0.1) is 0 Å². The largest absolute Gasteiger partial charge is 0.497 e. The minimum Gasteiger partial charge on any atom is -0.497 e. The fourth-order valence-electron chi connectivity index (χ4n) is 1.98. The minimum atomic E-state index is -3.93. The zero-order valence-electron chi connectivity index (χ0n) is 13.5. The molecule has 0 aromatic heterocycles. The number of halogens is 1. The zero-order valence-corrected chi connectivity index (χ0v) is 15.9. The molecule has 0 fully saturated rings. The topological polar surface area (TPSA) is 65.1 Å². The van der Waals surface area contributed by atoms with E-state index in [1.807, 2.05) is 0 Å². The van der Waals surface area contributed by atoms with E-state index in [-0.39, 0.29) is 12.3 Å². The molecule has 0 unspecified atom stereocenters. The van der Waals surface area contributed by atoms with E-state index in [4.69, 9.17) is 13.7 Å². The van der Waals surface area contributed by atoms with Crippen LogP contribution in [0.2, 0.25) is 0 Å². The van der Waals surface area contributed by atoms with E-state index in [2.05, 4.69) is 15.9 Å². The van der Waals surface area contributed by atoms with Gasteiger partial charge in [-0.2, -0.15) is 12.7 Å².